The van der Waals surface area contributed by atoms with Crippen LogP contribution in [-0.4, -0.2) is 13.6 Å². The summed E-state index contributed by atoms with van der Waals surface area (Å²) in [6.45, 7) is 3.02. The van der Waals surface area contributed by atoms with Crippen molar-refractivity contribution in [1.82, 2.24) is 5.32 Å². The average Bonchev–Trinajstić information content (AvgIpc) is 2.91. The molecule has 1 aliphatic rings. The lowest BCUT2D eigenvalue weighted by Crippen LogP contribution is -2.24. The maximum Gasteiger partial charge on any atom is 0.123 e. The Bertz CT molecular complexity index is 342. The van der Waals surface area contributed by atoms with Crippen molar-refractivity contribution in [2.75, 3.05) is 13.6 Å². The molecule has 0 radical (unpaired) electrons. The van der Waals surface area contributed by atoms with Gasteiger partial charge in [0.2, 0.25) is 0 Å². The van der Waals surface area contributed by atoms with Crippen LogP contribution >= 0.6 is 0 Å². The van der Waals surface area contributed by atoms with Gasteiger partial charge in [-0.2, -0.15) is 0 Å². The van der Waals surface area contributed by atoms with Crippen LogP contribution in [-0.2, 0) is 5.41 Å². The Hall–Kier alpha value is -0.890. The van der Waals surface area contributed by atoms with Gasteiger partial charge < -0.3 is 5.32 Å². The third-order valence-electron chi connectivity index (χ3n) is 3.14. The van der Waals surface area contributed by atoms with Crippen LogP contribution in [0.3, 0.4) is 0 Å². The Morgan fingerprint density at radius 3 is 2.71 bits per heavy atom. The van der Waals surface area contributed by atoms with E-state index in [1.165, 1.54) is 30.0 Å². The first-order valence-corrected chi connectivity index (χ1v) is 5.09. The highest BCUT2D eigenvalue weighted by Gasteiger charge is 2.44. The van der Waals surface area contributed by atoms with E-state index >= 15 is 0 Å². The summed E-state index contributed by atoms with van der Waals surface area (Å²) in [5.41, 5.74) is 2.62. The number of likely N-dealkylation sites (N-methyl/N-ethyl adjacent to an activating group) is 1. The van der Waals surface area contributed by atoms with Crippen LogP contribution in [0.4, 0.5) is 4.39 Å². The second kappa shape index (κ2) is 3.35. The molecule has 0 atom stereocenters. The molecule has 0 aromatic heterocycles. The summed E-state index contributed by atoms with van der Waals surface area (Å²) in [4.78, 5) is 0. The molecule has 0 heterocycles. The molecule has 0 unspecified atom stereocenters. The number of nitrogens with one attached hydrogen (secondary N) is 1. The molecule has 1 fully saturated rings. The smallest absolute Gasteiger partial charge is 0.123 e. The normalized spacial score (nSPS) is 18.2. The molecular formula is C12H16FN. The molecule has 0 spiro atoms. The molecule has 1 saturated carbocycles. The average molecular weight is 193 g/mol. The van der Waals surface area contributed by atoms with Gasteiger partial charge in [0.05, 0.1) is 0 Å². The lowest BCUT2D eigenvalue weighted by atomic mass is 9.92. The van der Waals surface area contributed by atoms with Gasteiger partial charge in [-0.05, 0) is 50.1 Å². The van der Waals surface area contributed by atoms with Crippen LogP contribution in [0, 0.1) is 12.7 Å². The van der Waals surface area contributed by atoms with Crippen molar-refractivity contribution in [3.63, 3.8) is 0 Å². The van der Waals surface area contributed by atoms with Crippen molar-refractivity contribution in [2.45, 2.75) is 25.2 Å². The summed E-state index contributed by atoms with van der Waals surface area (Å²) in [6.07, 6.45) is 2.36. The van der Waals surface area contributed by atoms with Crippen molar-refractivity contribution in [3.05, 3.63) is 35.1 Å². The Balaban J connectivity index is 2.35. The highest BCUT2D eigenvalue weighted by molar-refractivity contribution is 5.38. The SMILES string of the molecule is CNCC1(c2cc(F)ccc2C)CC1. The van der Waals surface area contributed by atoms with E-state index < -0.39 is 0 Å². The van der Waals surface area contributed by atoms with Crippen LogP contribution in [0.15, 0.2) is 18.2 Å². The first kappa shape index (κ1) is 9.66. The zero-order valence-corrected chi connectivity index (χ0v) is 8.73. The fraction of sp³-hybridized carbons (Fsp3) is 0.500. The summed E-state index contributed by atoms with van der Waals surface area (Å²) in [7, 11) is 1.95. The molecule has 1 aromatic carbocycles. The minimum Gasteiger partial charge on any atom is -0.319 e. The largest absolute Gasteiger partial charge is 0.319 e. The first-order valence-electron chi connectivity index (χ1n) is 5.09. The van der Waals surface area contributed by atoms with Crippen molar-refractivity contribution >= 4 is 0 Å². The van der Waals surface area contributed by atoms with E-state index in [9.17, 15) is 4.39 Å². The van der Waals surface area contributed by atoms with Gasteiger partial charge in [0.1, 0.15) is 5.82 Å². The van der Waals surface area contributed by atoms with Crippen molar-refractivity contribution in [1.29, 1.82) is 0 Å². The third-order valence-corrected chi connectivity index (χ3v) is 3.14. The van der Waals surface area contributed by atoms with Gasteiger partial charge in [0.15, 0.2) is 0 Å². The van der Waals surface area contributed by atoms with E-state index in [-0.39, 0.29) is 11.2 Å². The maximum absolute atomic E-state index is 13.1. The topological polar surface area (TPSA) is 12.0 Å². The minimum absolute atomic E-state index is 0.118. The van der Waals surface area contributed by atoms with Gasteiger partial charge in [-0.25, -0.2) is 4.39 Å². The number of benzene rings is 1. The molecule has 1 aliphatic carbocycles. The monoisotopic (exact) mass is 193 g/mol. The number of hydrogen-bond acceptors (Lipinski definition) is 1. The molecule has 2 rings (SSSR count). The summed E-state index contributed by atoms with van der Waals surface area (Å²) in [5, 5.41) is 3.19. The van der Waals surface area contributed by atoms with E-state index in [4.69, 9.17) is 0 Å². The fourth-order valence-corrected chi connectivity index (χ4v) is 2.20. The van der Waals surface area contributed by atoms with Crippen molar-refractivity contribution in [2.24, 2.45) is 0 Å². The Morgan fingerprint density at radius 2 is 2.14 bits per heavy atom. The van der Waals surface area contributed by atoms with Gasteiger partial charge in [-0.15, -0.1) is 0 Å². The van der Waals surface area contributed by atoms with Gasteiger partial charge in [-0.1, -0.05) is 6.07 Å². The van der Waals surface area contributed by atoms with Gasteiger partial charge in [-0.3, -0.25) is 0 Å². The Kier molecular flexibility index (Phi) is 2.31. The van der Waals surface area contributed by atoms with Crippen molar-refractivity contribution in [3.8, 4) is 0 Å². The molecule has 0 saturated heterocycles. The summed E-state index contributed by atoms with van der Waals surface area (Å²) < 4.78 is 13.1. The molecule has 1 aromatic rings. The molecular weight excluding hydrogens is 177 g/mol. The van der Waals surface area contributed by atoms with Crippen molar-refractivity contribution < 1.29 is 4.39 Å². The lowest BCUT2D eigenvalue weighted by Gasteiger charge is -2.17. The van der Waals surface area contributed by atoms with Crippen LogP contribution in [0.2, 0.25) is 0 Å². The second-order valence-electron chi connectivity index (χ2n) is 4.27. The lowest BCUT2D eigenvalue weighted by molar-refractivity contribution is 0.595. The molecule has 0 amide bonds. The van der Waals surface area contributed by atoms with Gasteiger partial charge in [0.25, 0.3) is 0 Å². The first-order chi connectivity index (χ1) is 6.68. The molecule has 0 aliphatic heterocycles. The molecule has 1 N–H and O–H groups in total. The van der Waals surface area contributed by atoms with Crippen LogP contribution in [0.25, 0.3) is 0 Å². The minimum atomic E-state index is -0.118. The Labute approximate surface area is 84.3 Å². The van der Waals surface area contributed by atoms with Crippen LogP contribution in [0.5, 0.6) is 0 Å². The summed E-state index contributed by atoms with van der Waals surface area (Å²) in [6, 6.07) is 5.11. The maximum atomic E-state index is 13.1. The predicted molar refractivity (Wildman–Crippen MR) is 56.0 cm³/mol. The quantitative estimate of drug-likeness (QED) is 0.777. The highest BCUT2D eigenvalue weighted by atomic mass is 19.1. The highest BCUT2D eigenvalue weighted by Crippen LogP contribution is 2.48. The zero-order valence-electron chi connectivity index (χ0n) is 8.73. The second-order valence-corrected chi connectivity index (χ2v) is 4.27. The molecule has 76 valence electrons. The van der Waals surface area contributed by atoms with E-state index in [0.717, 1.165) is 6.54 Å². The standard InChI is InChI=1S/C12H16FN/c1-9-3-4-10(13)7-11(9)12(5-6-12)8-14-2/h3-4,7,14H,5-6,8H2,1-2H3. The molecule has 2 heteroatoms. The third kappa shape index (κ3) is 1.55. The molecule has 0 bridgehead atoms. The Morgan fingerprint density at radius 1 is 1.43 bits per heavy atom. The summed E-state index contributed by atoms with van der Waals surface area (Å²) >= 11 is 0. The van der Waals surface area contributed by atoms with Gasteiger partial charge >= 0.3 is 0 Å². The van der Waals surface area contributed by atoms with E-state index in [1.807, 2.05) is 13.1 Å². The van der Waals surface area contributed by atoms with E-state index in [2.05, 4.69) is 12.2 Å². The zero-order chi connectivity index (χ0) is 10.2. The van der Waals surface area contributed by atoms with E-state index in [1.54, 1.807) is 6.07 Å². The number of rotatable bonds is 3. The van der Waals surface area contributed by atoms with Gasteiger partial charge in [0, 0.05) is 12.0 Å². The predicted octanol–water partition coefficient (Wildman–Crippen LogP) is 2.39. The molecule has 1 nitrogen and oxygen atoms in total. The fourth-order valence-electron chi connectivity index (χ4n) is 2.20. The molecule has 14 heavy (non-hydrogen) atoms. The van der Waals surface area contributed by atoms with Crippen LogP contribution < -0.4 is 5.32 Å². The number of aryl methyl sites for hydroxylation is 1. The van der Waals surface area contributed by atoms with Crippen LogP contribution in [0.1, 0.15) is 24.0 Å². The number of halogens is 1. The van der Waals surface area contributed by atoms with E-state index in [0.29, 0.717) is 0 Å². The number of hydrogen-bond donors (Lipinski definition) is 1. The summed E-state index contributed by atoms with van der Waals surface area (Å²) in [5.74, 6) is -0.118.